The summed E-state index contributed by atoms with van der Waals surface area (Å²) in [5.41, 5.74) is 2.26. The number of para-hydroxylation sites is 1. The van der Waals surface area contributed by atoms with E-state index >= 15 is 0 Å². The number of hydrogen-bond donors (Lipinski definition) is 2. The quantitative estimate of drug-likeness (QED) is 0.553. The fourth-order valence-corrected chi connectivity index (χ4v) is 3.22. The number of carbonyl (C=O) groups is 1. The molecule has 8 nitrogen and oxygen atoms in total. The maximum atomic E-state index is 12.5. The average Bonchev–Trinajstić information content (AvgIpc) is 2.95. The Bertz CT molecular complexity index is 1230. The molecular formula is C19H16N4O4. The number of carboxylic acids is 1. The highest BCUT2D eigenvalue weighted by Gasteiger charge is 2.17. The molecule has 4 aromatic rings. The van der Waals surface area contributed by atoms with Crippen LogP contribution in [0.15, 0.2) is 53.3 Å². The van der Waals surface area contributed by atoms with Gasteiger partial charge in [-0.15, -0.1) is 0 Å². The van der Waals surface area contributed by atoms with Crippen molar-refractivity contribution in [1.29, 1.82) is 0 Å². The number of aliphatic carboxylic acids is 1. The van der Waals surface area contributed by atoms with E-state index in [4.69, 9.17) is 0 Å². The van der Waals surface area contributed by atoms with Crippen LogP contribution in [0.25, 0.3) is 22.1 Å². The Morgan fingerprint density at radius 3 is 2.48 bits per heavy atom. The average molecular weight is 364 g/mol. The van der Waals surface area contributed by atoms with Crippen LogP contribution in [0.4, 0.5) is 0 Å². The van der Waals surface area contributed by atoms with E-state index in [1.165, 1.54) is 9.25 Å². The van der Waals surface area contributed by atoms with Crippen molar-refractivity contribution in [3.8, 4) is 0 Å². The van der Waals surface area contributed by atoms with E-state index < -0.39 is 11.7 Å². The molecule has 2 heterocycles. The van der Waals surface area contributed by atoms with Crippen molar-refractivity contribution in [3.63, 3.8) is 0 Å². The molecule has 136 valence electrons. The summed E-state index contributed by atoms with van der Waals surface area (Å²) < 4.78 is 2.71. The van der Waals surface area contributed by atoms with Crippen LogP contribution in [0.2, 0.25) is 0 Å². The van der Waals surface area contributed by atoms with Crippen LogP contribution >= 0.6 is 0 Å². The van der Waals surface area contributed by atoms with Crippen molar-refractivity contribution in [1.82, 2.24) is 19.3 Å². The number of rotatable bonds is 5. The van der Waals surface area contributed by atoms with Gasteiger partial charge in [-0.25, -0.2) is 9.48 Å². The molecule has 8 heteroatoms. The molecule has 0 fully saturated rings. The summed E-state index contributed by atoms with van der Waals surface area (Å²) in [6.45, 7) is -0.287. The van der Waals surface area contributed by atoms with E-state index in [1.807, 2.05) is 30.3 Å². The predicted molar refractivity (Wildman–Crippen MR) is 98.4 cm³/mol. The molecule has 0 bridgehead atoms. The first kappa shape index (κ1) is 16.9. The molecule has 0 radical (unpaired) electrons. The highest BCUT2D eigenvalue weighted by atomic mass is 16.4. The zero-order valence-electron chi connectivity index (χ0n) is 14.2. The van der Waals surface area contributed by atoms with E-state index in [2.05, 4.69) is 10.1 Å². The molecule has 0 unspecified atom stereocenters. The van der Waals surface area contributed by atoms with Gasteiger partial charge in [0.1, 0.15) is 12.1 Å². The van der Waals surface area contributed by atoms with Crippen LogP contribution in [0.5, 0.6) is 0 Å². The Morgan fingerprint density at radius 1 is 1.04 bits per heavy atom. The van der Waals surface area contributed by atoms with Gasteiger partial charge in [-0.3, -0.25) is 4.79 Å². The Morgan fingerprint density at radius 2 is 1.74 bits per heavy atom. The maximum absolute atomic E-state index is 12.5. The third-order valence-electron chi connectivity index (χ3n) is 4.46. The molecule has 27 heavy (non-hydrogen) atoms. The van der Waals surface area contributed by atoms with Gasteiger partial charge in [0.15, 0.2) is 5.65 Å². The van der Waals surface area contributed by atoms with Gasteiger partial charge in [0, 0.05) is 5.39 Å². The van der Waals surface area contributed by atoms with Crippen LogP contribution in [0, 0.1) is 0 Å². The van der Waals surface area contributed by atoms with Crippen LogP contribution in [-0.2, 0) is 24.5 Å². The highest BCUT2D eigenvalue weighted by molar-refractivity contribution is 6.04. The monoisotopic (exact) mass is 364 g/mol. The zero-order valence-corrected chi connectivity index (χ0v) is 14.2. The second kappa shape index (κ2) is 6.65. The van der Waals surface area contributed by atoms with Crippen molar-refractivity contribution in [2.24, 2.45) is 0 Å². The van der Waals surface area contributed by atoms with Crippen LogP contribution in [0.1, 0.15) is 11.1 Å². The smallest absolute Gasteiger partial charge is 0.366 e. The number of carboxylic acid groups (broad SMARTS) is 1. The van der Waals surface area contributed by atoms with E-state index in [-0.39, 0.29) is 25.3 Å². The number of hydrogen-bond acceptors (Lipinski definition) is 5. The minimum Gasteiger partial charge on any atom is -0.480 e. The summed E-state index contributed by atoms with van der Waals surface area (Å²) in [6.07, 6.45) is 0. The standard InChI is InChI=1S/C19H16N4O4/c24-11-13-6-2-1-5-12(13)9-23-19(27)20-18-17(21-23)14-7-3-4-8-15(14)22(18)10-16(25)26/h1-8,24H,9-11H2,(H,25,26). The normalized spacial score (nSPS) is 11.3. The number of nitrogens with zero attached hydrogens (tertiary/aromatic N) is 4. The fourth-order valence-electron chi connectivity index (χ4n) is 3.22. The Hall–Kier alpha value is -3.52. The van der Waals surface area contributed by atoms with Crippen LogP contribution < -0.4 is 5.69 Å². The number of benzene rings is 2. The third-order valence-corrected chi connectivity index (χ3v) is 4.46. The molecule has 2 N–H and O–H groups in total. The molecule has 0 aliphatic heterocycles. The molecule has 4 rings (SSSR count). The van der Waals surface area contributed by atoms with E-state index in [0.717, 1.165) is 10.9 Å². The largest absolute Gasteiger partial charge is 0.480 e. The molecule has 0 saturated heterocycles. The lowest BCUT2D eigenvalue weighted by molar-refractivity contribution is -0.137. The molecule has 0 saturated carbocycles. The Balaban J connectivity index is 1.92. The summed E-state index contributed by atoms with van der Waals surface area (Å²) in [5.74, 6) is -1.03. The van der Waals surface area contributed by atoms with Gasteiger partial charge in [-0.1, -0.05) is 42.5 Å². The second-order valence-corrected chi connectivity index (χ2v) is 6.15. The van der Waals surface area contributed by atoms with Crippen LogP contribution in [-0.4, -0.2) is 35.5 Å². The van der Waals surface area contributed by atoms with Gasteiger partial charge < -0.3 is 14.8 Å². The third kappa shape index (κ3) is 2.96. The number of aliphatic hydroxyl groups is 1. The lowest BCUT2D eigenvalue weighted by Gasteiger charge is -2.08. The number of aliphatic hydroxyl groups excluding tert-OH is 1. The van der Waals surface area contributed by atoms with Crippen molar-refractivity contribution >= 4 is 28.0 Å². The number of fused-ring (bicyclic) bond motifs is 3. The van der Waals surface area contributed by atoms with Gasteiger partial charge in [-0.05, 0) is 17.2 Å². The first-order chi connectivity index (χ1) is 13.1. The van der Waals surface area contributed by atoms with E-state index in [0.29, 0.717) is 16.6 Å². The Labute approximate surface area is 152 Å². The molecule has 2 aromatic heterocycles. The fraction of sp³-hybridized carbons (Fsp3) is 0.158. The lowest BCUT2D eigenvalue weighted by atomic mass is 10.1. The molecule has 0 aliphatic carbocycles. The molecule has 2 aromatic carbocycles. The topological polar surface area (TPSA) is 110 Å². The van der Waals surface area contributed by atoms with Crippen molar-refractivity contribution in [3.05, 3.63) is 70.1 Å². The summed E-state index contributed by atoms with van der Waals surface area (Å²) in [7, 11) is 0. The van der Waals surface area contributed by atoms with Crippen molar-refractivity contribution < 1.29 is 15.0 Å². The maximum Gasteiger partial charge on any atom is 0.366 e. The minimum atomic E-state index is -1.03. The molecule has 0 atom stereocenters. The second-order valence-electron chi connectivity index (χ2n) is 6.15. The molecular weight excluding hydrogens is 348 g/mol. The van der Waals surface area contributed by atoms with Gasteiger partial charge in [0.05, 0.1) is 18.7 Å². The summed E-state index contributed by atoms with van der Waals surface area (Å²) >= 11 is 0. The molecule has 0 spiro atoms. The lowest BCUT2D eigenvalue weighted by Crippen LogP contribution is -2.27. The highest BCUT2D eigenvalue weighted by Crippen LogP contribution is 2.25. The Kier molecular flexibility index (Phi) is 4.17. The van der Waals surface area contributed by atoms with Crippen molar-refractivity contribution in [2.45, 2.75) is 19.7 Å². The summed E-state index contributed by atoms with van der Waals surface area (Å²) in [6, 6.07) is 14.5. The van der Waals surface area contributed by atoms with Gasteiger partial charge in [0.2, 0.25) is 0 Å². The predicted octanol–water partition coefficient (Wildman–Crippen LogP) is 1.37. The van der Waals surface area contributed by atoms with E-state index in [9.17, 15) is 19.8 Å². The SMILES string of the molecule is O=C(O)Cn1c2ccccc2c2nn(Cc3ccccc3CO)c(=O)nc21. The van der Waals surface area contributed by atoms with Gasteiger partial charge in [0.25, 0.3) is 0 Å². The summed E-state index contributed by atoms with van der Waals surface area (Å²) in [4.78, 5) is 27.9. The number of aromatic nitrogens is 4. The van der Waals surface area contributed by atoms with Gasteiger partial charge >= 0.3 is 11.7 Å². The molecule has 0 aliphatic rings. The summed E-state index contributed by atoms with van der Waals surface area (Å²) in [5, 5.41) is 23.9. The first-order valence-electron chi connectivity index (χ1n) is 8.34. The van der Waals surface area contributed by atoms with E-state index in [1.54, 1.807) is 18.2 Å². The zero-order chi connectivity index (χ0) is 19.0. The molecule has 0 amide bonds. The first-order valence-corrected chi connectivity index (χ1v) is 8.34. The van der Waals surface area contributed by atoms with Crippen molar-refractivity contribution in [2.75, 3.05) is 0 Å². The van der Waals surface area contributed by atoms with Crippen LogP contribution in [0.3, 0.4) is 0 Å². The van der Waals surface area contributed by atoms with Gasteiger partial charge in [-0.2, -0.15) is 10.1 Å². The minimum absolute atomic E-state index is 0.140.